The predicted octanol–water partition coefficient (Wildman–Crippen LogP) is 3.31. The maximum Gasteiger partial charge on any atom is 0.263 e. The highest BCUT2D eigenvalue weighted by atomic mass is 35.5. The Kier molecular flexibility index (Phi) is 4.80. The number of ether oxygens (including phenoxy) is 1. The van der Waals surface area contributed by atoms with Crippen LogP contribution in [-0.4, -0.2) is 37.3 Å². The lowest BCUT2D eigenvalue weighted by atomic mass is 9.91. The second-order valence-corrected chi connectivity index (χ2v) is 7.65. The van der Waals surface area contributed by atoms with Gasteiger partial charge in [0.05, 0.1) is 18.9 Å². The second-order valence-electron chi connectivity index (χ2n) is 6.82. The van der Waals surface area contributed by atoms with Gasteiger partial charge in [0.2, 0.25) is 0 Å². The Bertz CT molecular complexity index is 883. The molecule has 2 heterocycles. The molecule has 1 amide bonds. The standard InChI is InChI=1S/C20H20ClN3O2S/c1-20(14-5-7-16(8-6-14)23-9-11-26-12-10-23)18(25)24(19(27)22-20)17-4-2-3-15(21)13-17/h2-8,13H,9-12H2,1H3,(H,22,27). The van der Waals surface area contributed by atoms with E-state index < -0.39 is 5.54 Å². The number of nitrogens with zero attached hydrogens (tertiary/aromatic N) is 2. The molecule has 4 rings (SSSR count). The van der Waals surface area contributed by atoms with E-state index in [1.54, 1.807) is 18.2 Å². The van der Waals surface area contributed by atoms with Gasteiger partial charge in [0, 0.05) is 23.8 Å². The summed E-state index contributed by atoms with van der Waals surface area (Å²) in [6, 6.07) is 15.2. The summed E-state index contributed by atoms with van der Waals surface area (Å²) < 4.78 is 5.40. The number of morpholine rings is 1. The predicted molar refractivity (Wildman–Crippen MR) is 111 cm³/mol. The van der Waals surface area contributed by atoms with E-state index in [1.807, 2.05) is 37.3 Å². The van der Waals surface area contributed by atoms with Gasteiger partial charge in [0.15, 0.2) is 5.11 Å². The van der Waals surface area contributed by atoms with Crippen LogP contribution in [0.4, 0.5) is 11.4 Å². The highest BCUT2D eigenvalue weighted by Crippen LogP contribution is 2.34. The minimum atomic E-state index is -0.914. The van der Waals surface area contributed by atoms with Crippen LogP contribution >= 0.6 is 23.8 Å². The minimum Gasteiger partial charge on any atom is -0.378 e. The number of halogens is 1. The van der Waals surface area contributed by atoms with Gasteiger partial charge in [-0.1, -0.05) is 29.8 Å². The fourth-order valence-electron chi connectivity index (χ4n) is 3.51. The zero-order valence-corrected chi connectivity index (χ0v) is 16.5. The molecule has 1 unspecified atom stereocenters. The molecular weight excluding hydrogens is 382 g/mol. The topological polar surface area (TPSA) is 44.8 Å². The zero-order chi connectivity index (χ0) is 19.0. The Morgan fingerprint density at radius 3 is 2.48 bits per heavy atom. The third kappa shape index (κ3) is 3.29. The van der Waals surface area contributed by atoms with E-state index in [4.69, 9.17) is 28.6 Å². The summed E-state index contributed by atoms with van der Waals surface area (Å²) in [6.07, 6.45) is 0. The lowest BCUT2D eigenvalue weighted by Crippen LogP contribution is -2.41. The second kappa shape index (κ2) is 7.11. The monoisotopic (exact) mass is 401 g/mol. The van der Waals surface area contributed by atoms with Crippen LogP contribution in [0.3, 0.4) is 0 Å². The van der Waals surface area contributed by atoms with Crippen LogP contribution in [-0.2, 0) is 15.1 Å². The summed E-state index contributed by atoms with van der Waals surface area (Å²) in [5.74, 6) is -0.117. The molecule has 7 heteroatoms. The SMILES string of the molecule is CC1(c2ccc(N3CCOCC3)cc2)NC(=S)N(c2cccc(Cl)c2)C1=O. The van der Waals surface area contributed by atoms with Crippen LogP contribution in [0, 0.1) is 0 Å². The summed E-state index contributed by atoms with van der Waals surface area (Å²) >= 11 is 11.5. The summed E-state index contributed by atoms with van der Waals surface area (Å²) in [5.41, 5.74) is 1.75. The number of carbonyl (C=O) groups excluding carboxylic acids is 1. The largest absolute Gasteiger partial charge is 0.378 e. The molecule has 2 aliphatic rings. The highest BCUT2D eigenvalue weighted by molar-refractivity contribution is 7.80. The molecule has 140 valence electrons. The van der Waals surface area contributed by atoms with Crippen LogP contribution < -0.4 is 15.1 Å². The first-order valence-electron chi connectivity index (χ1n) is 8.84. The molecule has 0 aromatic heterocycles. The minimum absolute atomic E-state index is 0.117. The van der Waals surface area contributed by atoms with Crippen molar-refractivity contribution in [2.24, 2.45) is 0 Å². The van der Waals surface area contributed by atoms with E-state index in [0.717, 1.165) is 37.6 Å². The van der Waals surface area contributed by atoms with E-state index >= 15 is 0 Å². The van der Waals surface area contributed by atoms with E-state index in [-0.39, 0.29) is 5.91 Å². The summed E-state index contributed by atoms with van der Waals surface area (Å²) in [4.78, 5) is 17.0. The summed E-state index contributed by atoms with van der Waals surface area (Å²) in [6.45, 7) is 5.08. The number of benzene rings is 2. The molecule has 0 bridgehead atoms. The van der Waals surface area contributed by atoms with Crippen LogP contribution in [0.25, 0.3) is 0 Å². The van der Waals surface area contributed by atoms with Crippen molar-refractivity contribution in [3.05, 3.63) is 59.1 Å². The molecule has 2 aliphatic heterocycles. The first-order chi connectivity index (χ1) is 13.0. The molecule has 0 saturated carbocycles. The normalized spacial score (nSPS) is 22.9. The Hall–Kier alpha value is -2.15. The van der Waals surface area contributed by atoms with Gasteiger partial charge in [0.25, 0.3) is 5.91 Å². The third-order valence-electron chi connectivity index (χ3n) is 5.08. The van der Waals surface area contributed by atoms with Gasteiger partial charge < -0.3 is 15.0 Å². The molecule has 5 nitrogen and oxygen atoms in total. The van der Waals surface area contributed by atoms with Gasteiger partial charge in [-0.3, -0.25) is 9.69 Å². The van der Waals surface area contributed by atoms with Gasteiger partial charge in [-0.25, -0.2) is 0 Å². The molecule has 0 aliphatic carbocycles. The van der Waals surface area contributed by atoms with Gasteiger partial charge in [0.1, 0.15) is 5.54 Å². The molecule has 27 heavy (non-hydrogen) atoms. The molecule has 2 aromatic rings. The van der Waals surface area contributed by atoms with Crippen LogP contribution in [0.1, 0.15) is 12.5 Å². The van der Waals surface area contributed by atoms with Crippen molar-refractivity contribution in [3.8, 4) is 0 Å². The quantitative estimate of drug-likeness (QED) is 0.799. The molecule has 2 fully saturated rings. The van der Waals surface area contributed by atoms with E-state index in [1.165, 1.54) is 4.90 Å². The van der Waals surface area contributed by atoms with E-state index in [2.05, 4.69) is 10.2 Å². The first-order valence-corrected chi connectivity index (χ1v) is 9.63. The maximum atomic E-state index is 13.2. The maximum absolute atomic E-state index is 13.2. The number of amides is 1. The Morgan fingerprint density at radius 1 is 1.11 bits per heavy atom. The summed E-state index contributed by atoms with van der Waals surface area (Å²) in [5, 5.41) is 4.13. The number of anilines is 2. The Labute approximate surface area is 168 Å². The van der Waals surface area contributed by atoms with Crippen molar-refractivity contribution in [1.29, 1.82) is 0 Å². The molecule has 0 radical (unpaired) electrons. The lowest BCUT2D eigenvalue weighted by Gasteiger charge is -2.29. The number of rotatable bonds is 3. The highest BCUT2D eigenvalue weighted by Gasteiger charge is 2.47. The number of thiocarbonyl (C=S) groups is 1. The van der Waals surface area contributed by atoms with Crippen molar-refractivity contribution in [1.82, 2.24) is 5.32 Å². The van der Waals surface area contributed by atoms with Crippen LogP contribution in [0.5, 0.6) is 0 Å². The molecule has 1 atom stereocenters. The third-order valence-corrected chi connectivity index (χ3v) is 5.60. The molecule has 2 saturated heterocycles. The Morgan fingerprint density at radius 2 is 1.81 bits per heavy atom. The number of hydrogen-bond donors (Lipinski definition) is 1. The van der Waals surface area contributed by atoms with E-state index in [9.17, 15) is 4.79 Å². The average molecular weight is 402 g/mol. The molecule has 1 N–H and O–H groups in total. The van der Waals surface area contributed by atoms with Crippen molar-refractivity contribution in [3.63, 3.8) is 0 Å². The van der Waals surface area contributed by atoms with Gasteiger partial charge in [-0.2, -0.15) is 0 Å². The molecule has 0 spiro atoms. The lowest BCUT2D eigenvalue weighted by molar-refractivity contribution is -0.121. The van der Waals surface area contributed by atoms with Crippen LogP contribution in [0.15, 0.2) is 48.5 Å². The van der Waals surface area contributed by atoms with Crippen LogP contribution in [0.2, 0.25) is 5.02 Å². The van der Waals surface area contributed by atoms with Gasteiger partial charge in [-0.05, 0) is 55.0 Å². The van der Waals surface area contributed by atoms with Crippen molar-refractivity contribution >= 4 is 46.2 Å². The van der Waals surface area contributed by atoms with Crippen molar-refractivity contribution in [2.45, 2.75) is 12.5 Å². The molecule has 2 aromatic carbocycles. The smallest absolute Gasteiger partial charge is 0.263 e. The van der Waals surface area contributed by atoms with Gasteiger partial charge in [-0.15, -0.1) is 0 Å². The Balaban J connectivity index is 1.61. The zero-order valence-electron chi connectivity index (χ0n) is 14.9. The number of carbonyl (C=O) groups is 1. The van der Waals surface area contributed by atoms with E-state index in [0.29, 0.717) is 15.8 Å². The van der Waals surface area contributed by atoms with Gasteiger partial charge >= 0.3 is 0 Å². The first kappa shape index (κ1) is 18.2. The van der Waals surface area contributed by atoms with Crippen molar-refractivity contribution < 1.29 is 9.53 Å². The molecular formula is C20H20ClN3O2S. The number of hydrogen-bond acceptors (Lipinski definition) is 4. The fraction of sp³-hybridized carbons (Fsp3) is 0.300. The average Bonchev–Trinajstić information content (AvgIpc) is 2.92. The summed E-state index contributed by atoms with van der Waals surface area (Å²) in [7, 11) is 0. The van der Waals surface area contributed by atoms with Crippen molar-refractivity contribution in [2.75, 3.05) is 36.1 Å². The number of nitrogens with one attached hydrogen (secondary N) is 1. The fourth-order valence-corrected chi connectivity index (χ4v) is 4.09.